The average molecular weight is 431 g/mol. The van der Waals surface area contributed by atoms with E-state index in [1.807, 2.05) is 24.3 Å². The second-order valence-corrected chi connectivity index (χ2v) is 9.15. The van der Waals surface area contributed by atoms with Crippen LogP contribution in [0.4, 0.5) is 11.4 Å². The van der Waals surface area contributed by atoms with E-state index in [4.69, 9.17) is 4.74 Å². The van der Waals surface area contributed by atoms with Gasteiger partial charge in [0.05, 0.1) is 9.82 Å². The topological polar surface area (TPSA) is 110 Å². The van der Waals surface area contributed by atoms with Gasteiger partial charge in [0.2, 0.25) is 10.0 Å². The van der Waals surface area contributed by atoms with E-state index in [-0.39, 0.29) is 23.2 Å². The first kappa shape index (κ1) is 20.3. The molecule has 0 radical (unpaired) electrons. The van der Waals surface area contributed by atoms with Crippen LogP contribution in [0.25, 0.3) is 0 Å². The Labute approximate surface area is 174 Å². The predicted octanol–water partition coefficient (Wildman–Crippen LogP) is 2.35. The number of para-hydroxylation sites is 1. The summed E-state index contributed by atoms with van der Waals surface area (Å²) in [5.41, 5.74) is 1.39. The summed E-state index contributed by atoms with van der Waals surface area (Å²) in [7, 11) is -3.79. The summed E-state index contributed by atoms with van der Waals surface area (Å²) in [6.07, 6.45) is 2.28. The third-order valence-corrected chi connectivity index (χ3v) is 7.26. The molecule has 0 saturated carbocycles. The van der Waals surface area contributed by atoms with Crippen molar-refractivity contribution in [2.45, 2.75) is 24.2 Å². The van der Waals surface area contributed by atoms with E-state index >= 15 is 0 Å². The molecule has 0 spiro atoms. The van der Waals surface area contributed by atoms with E-state index in [0.29, 0.717) is 19.6 Å². The normalized spacial score (nSPS) is 16.5. The second-order valence-electron chi connectivity index (χ2n) is 7.21. The number of carbonyl (C=O) groups excluding carboxylic acids is 1. The Kier molecular flexibility index (Phi) is 5.44. The van der Waals surface area contributed by atoms with E-state index in [0.717, 1.165) is 36.6 Å². The molecule has 158 valence electrons. The quantitative estimate of drug-likeness (QED) is 0.513. The molecule has 10 heteroatoms. The molecular formula is C20H21N3O6S. The molecule has 4 rings (SSSR count). The Bertz CT molecular complexity index is 1100. The van der Waals surface area contributed by atoms with Crippen molar-refractivity contribution < 1.29 is 22.9 Å². The lowest BCUT2D eigenvalue weighted by atomic mass is 10.2. The first-order chi connectivity index (χ1) is 14.4. The van der Waals surface area contributed by atoms with Crippen molar-refractivity contribution in [2.75, 3.05) is 31.1 Å². The maximum Gasteiger partial charge on any atom is 0.312 e. The van der Waals surface area contributed by atoms with Gasteiger partial charge in [-0.05, 0) is 43.0 Å². The minimum atomic E-state index is -3.79. The summed E-state index contributed by atoms with van der Waals surface area (Å²) in [5, 5.41) is 11.5. The number of amides is 1. The summed E-state index contributed by atoms with van der Waals surface area (Å²) < 4.78 is 32.1. The molecule has 0 atom stereocenters. The third-order valence-electron chi connectivity index (χ3n) is 5.37. The van der Waals surface area contributed by atoms with Crippen molar-refractivity contribution in [3.8, 4) is 5.75 Å². The number of anilines is 1. The molecule has 0 N–H and O–H groups in total. The molecule has 1 fully saturated rings. The molecule has 0 aliphatic carbocycles. The number of nitrogens with zero attached hydrogens (tertiary/aromatic N) is 3. The van der Waals surface area contributed by atoms with E-state index in [2.05, 4.69) is 0 Å². The van der Waals surface area contributed by atoms with E-state index in [9.17, 15) is 23.3 Å². The second kappa shape index (κ2) is 8.04. The molecule has 1 amide bonds. The van der Waals surface area contributed by atoms with Crippen LogP contribution in [-0.2, 0) is 21.2 Å². The Morgan fingerprint density at radius 3 is 2.57 bits per heavy atom. The number of rotatable bonds is 6. The van der Waals surface area contributed by atoms with Crippen LogP contribution in [0.15, 0.2) is 47.4 Å². The molecule has 2 aromatic rings. The van der Waals surface area contributed by atoms with Crippen LogP contribution in [-0.4, -0.2) is 49.8 Å². The maximum absolute atomic E-state index is 12.7. The fraction of sp³-hybridized carbons (Fsp3) is 0.350. The summed E-state index contributed by atoms with van der Waals surface area (Å²) >= 11 is 0. The van der Waals surface area contributed by atoms with Gasteiger partial charge in [0, 0.05) is 31.4 Å². The lowest BCUT2D eigenvalue weighted by Crippen LogP contribution is -2.33. The molecule has 0 unspecified atom stereocenters. The minimum absolute atomic E-state index is 0.138. The first-order valence-electron chi connectivity index (χ1n) is 9.67. The fourth-order valence-electron chi connectivity index (χ4n) is 3.81. The van der Waals surface area contributed by atoms with E-state index in [1.165, 1.54) is 16.4 Å². The van der Waals surface area contributed by atoms with Gasteiger partial charge in [0.1, 0.15) is 0 Å². The van der Waals surface area contributed by atoms with Crippen molar-refractivity contribution >= 4 is 27.3 Å². The minimum Gasteiger partial charge on any atom is -0.477 e. The van der Waals surface area contributed by atoms with Crippen molar-refractivity contribution in [1.82, 2.24) is 4.31 Å². The number of benzene rings is 2. The number of nitro groups is 1. The smallest absolute Gasteiger partial charge is 0.312 e. The lowest BCUT2D eigenvalue weighted by molar-refractivity contribution is -0.386. The van der Waals surface area contributed by atoms with Crippen LogP contribution in [0, 0.1) is 10.1 Å². The van der Waals surface area contributed by atoms with Crippen molar-refractivity contribution in [3.63, 3.8) is 0 Å². The maximum atomic E-state index is 12.7. The van der Waals surface area contributed by atoms with Gasteiger partial charge in [-0.2, -0.15) is 4.31 Å². The van der Waals surface area contributed by atoms with Crippen LogP contribution in [0.3, 0.4) is 0 Å². The molecule has 9 nitrogen and oxygen atoms in total. The highest BCUT2D eigenvalue weighted by Gasteiger charge is 2.30. The predicted molar refractivity (Wildman–Crippen MR) is 109 cm³/mol. The molecule has 2 aliphatic heterocycles. The SMILES string of the molecule is O=C(COc1ccc(S(=O)(=O)N2CCCC2)cc1[N+](=O)[O-])N1CCc2ccccc21. The number of carbonyl (C=O) groups is 1. The summed E-state index contributed by atoms with van der Waals surface area (Å²) in [5.74, 6) is -0.454. The summed E-state index contributed by atoms with van der Waals surface area (Å²) in [6.45, 7) is 0.949. The Hall–Kier alpha value is -2.98. The molecule has 2 aliphatic rings. The number of sulfonamides is 1. The number of hydrogen-bond acceptors (Lipinski definition) is 6. The lowest BCUT2D eigenvalue weighted by Gasteiger charge is -2.18. The number of nitro benzene ring substituents is 1. The van der Waals surface area contributed by atoms with Crippen molar-refractivity contribution in [3.05, 3.63) is 58.1 Å². The van der Waals surface area contributed by atoms with Crippen LogP contribution >= 0.6 is 0 Å². The zero-order valence-corrected chi connectivity index (χ0v) is 17.0. The molecule has 1 saturated heterocycles. The van der Waals surface area contributed by atoms with Crippen LogP contribution in [0.5, 0.6) is 5.75 Å². The van der Waals surface area contributed by atoms with Gasteiger partial charge in [-0.1, -0.05) is 18.2 Å². The van der Waals surface area contributed by atoms with Crippen LogP contribution < -0.4 is 9.64 Å². The van der Waals surface area contributed by atoms with Crippen LogP contribution in [0.1, 0.15) is 18.4 Å². The van der Waals surface area contributed by atoms with Gasteiger partial charge >= 0.3 is 5.69 Å². The first-order valence-corrected chi connectivity index (χ1v) is 11.1. The van der Waals surface area contributed by atoms with Gasteiger partial charge in [-0.3, -0.25) is 14.9 Å². The Balaban J connectivity index is 1.52. The number of ether oxygens (including phenoxy) is 1. The number of hydrogen-bond donors (Lipinski definition) is 0. The standard InChI is InChI=1S/C20H21N3O6S/c24-20(22-12-9-15-5-1-2-6-17(15)22)14-29-19-8-7-16(13-18(19)23(25)26)30(27,28)21-10-3-4-11-21/h1-2,5-8,13H,3-4,9-12,14H2. The van der Waals surface area contributed by atoms with Gasteiger partial charge in [-0.25, -0.2) is 8.42 Å². The highest BCUT2D eigenvalue weighted by molar-refractivity contribution is 7.89. The van der Waals surface area contributed by atoms with E-state index < -0.39 is 20.6 Å². The van der Waals surface area contributed by atoms with Gasteiger partial charge in [0.25, 0.3) is 5.91 Å². The molecule has 2 heterocycles. The molecule has 2 aromatic carbocycles. The highest BCUT2D eigenvalue weighted by Crippen LogP contribution is 2.32. The van der Waals surface area contributed by atoms with Gasteiger partial charge in [-0.15, -0.1) is 0 Å². The molecule has 0 bridgehead atoms. The molecule has 0 aromatic heterocycles. The van der Waals surface area contributed by atoms with E-state index in [1.54, 1.807) is 4.90 Å². The van der Waals surface area contributed by atoms with Gasteiger partial charge < -0.3 is 9.64 Å². The van der Waals surface area contributed by atoms with Crippen molar-refractivity contribution in [1.29, 1.82) is 0 Å². The summed E-state index contributed by atoms with van der Waals surface area (Å²) in [4.78, 5) is 24.8. The third kappa shape index (κ3) is 3.75. The fourth-order valence-corrected chi connectivity index (χ4v) is 5.35. The largest absolute Gasteiger partial charge is 0.477 e. The van der Waals surface area contributed by atoms with Gasteiger partial charge in [0.15, 0.2) is 12.4 Å². The molecule has 30 heavy (non-hydrogen) atoms. The number of fused-ring (bicyclic) bond motifs is 1. The Morgan fingerprint density at radius 1 is 1.10 bits per heavy atom. The Morgan fingerprint density at radius 2 is 1.83 bits per heavy atom. The monoisotopic (exact) mass is 431 g/mol. The molecular weight excluding hydrogens is 410 g/mol. The zero-order chi connectivity index (χ0) is 21.3. The highest BCUT2D eigenvalue weighted by atomic mass is 32.2. The van der Waals surface area contributed by atoms with Crippen molar-refractivity contribution in [2.24, 2.45) is 0 Å². The summed E-state index contributed by atoms with van der Waals surface area (Å²) in [6, 6.07) is 11.1. The average Bonchev–Trinajstić information content (AvgIpc) is 3.42. The zero-order valence-electron chi connectivity index (χ0n) is 16.2. The van der Waals surface area contributed by atoms with Crippen LogP contribution in [0.2, 0.25) is 0 Å².